The van der Waals surface area contributed by atoms with Crippen LogP contribution in [0.3, 0.4) is 0 Å². The fourth-order valence-corrected chi connectivity index (χ4v) is 5.60. The van der Waals surface area contributed by atoms with Gasteiger partial charge in [-0.3, -0.25) is 14.4 Å². The van der Waals surface area contributed by atoms with Crippen molar-refractivity contribution >= 4 is 24.0 Å². The van der Waals surface area contributed by atoms with E-state index in [9.17, 15) is 24.3 Å². The summed E-state index contributed by atoms with van der Waals surface area (Å²) in [6, 6.07) is 5.54. The molecule has 1 aromatic carbocycles. The minimum atomic E-state index is -0.735. The summed E-state index contributed by atoms with van der Waals surface area (Å²) in [7, 11) is 0. The smallest absolute Gasteiger partial charge is 0.243 e. The number of phenols is 1. The third-order valence-electron chi connectivity index (χ3n) is 7.21. The molecule has 172 valence electrons. The van der Waals surface area contributed by atoms with Crippen LogP contribution in [0.1, 0.15) is 44.1 Å². The third-order valence-corrected chi connectivity index (χ3v) is 7.21. The number of nitrogens with one attached hydrogen (secondary N) is 2. The van der Waals surface area contributed by atoms with Gasteiger partial charge in [-0.05, 0) is 61.6 Å². The predicted octanol–water partition coefficient (Wildman–Crippen LogP) is 1.16. The van der Waals surface area contributed by atoms with Crippen LogP contribution in [0.25, 0.3) is 0 Å². The molecule has 0 radical (unpaired) electrons. The number of rotatable bonds is 8. The number of likely N-dealkylation sites (tertiary alicyclic amines) is 1. The van der Waals surface area contributed by atoms with Crippen LogP contribution in [0, 0.1) is 17.8 Å². The Morgan fingerprint density at radius 2 is 2.12 bits per heavy atom. The summed E-state index contributed by atoms with van der Waals surface area (Å²) in [6.07, 6.45) is 5.33. The molecule has 5 atom stereocenters. The van der Waals surface area contributed by atoms with E-state index in [1.165, 1.54) is 0 Å². The molecule has 1 unspecified atom stereocenters. The molecule has 3 fully saturated rings. The van der Waals surface area contributed by atoms with Gasteiger partial charge >= 0.3 is 0 Å². The number of benzene rings is 1. The Kier molecular flexibility index (Phi) is 6.77. The first-order valence-electron chi connectivity index (χ1n) is 11.6. The van der Waals surface area contributed by atoms with E-state index in [1.807, 2.05) is 6.07 Å². The number of carbonyl (C=O) groups excluding carboxylic acids is 4. The average molecular weight is 442 g/mol. The van der Waals surface area contributed by atoms with Gasteiger partial charge in [0.15, 0.2) is 0 Å². The van der Waals surface area contributed by atoms with E-state index in [4.69, 9.17) is 0 Å². The SMILES string of the molecule is O=C[C@H](C[C@@H]1CCNC1=O)NC(=O)C1[C@@H]2CCC[C@H]2CN1C(=O)CCc1cccc(O)c1. The molecule has 0 spiro atoms. The van der Waals surface area contributed by atoms with Gasteiger partial charge < -0.3 is 25.4 Å². The van der Waals surface area contributed by atoms with Gasteiger partial charge in [0.2, 0.25) is 17.7 Å². The van der Waals surface area contributed by atoms with Crippen LogP contribution in [0.5, 0.6) is 5.75 Å². The van der Waals surface area contributed by atoms with E-state index in [0.717, 1.165) is 24.8 Å². The maximum Gasteiger partial charge on any atom is 0.243 e. The van der Waals surface area contributed by atoms with Gasteiger partial charge in [0.25, 0.3) is 0 Å². The molecular formula is C24H31N3O5. The Morgan fingerprint density at radius 1 is 1.28 bits per heavy atom. The van der Waals surface area contributed by atoms with Crippen molar-refractivity contribution in [3.8, 4) is 5.75 Å². The van der Waals surface area contributed by atoms with Crippen LogP contribution in [-0.2, 0) is 25.6 Å². The number of carbonyl (C=O) groups is 4. The van der Waals surface area contributed by atoms with Crippen molar-refractivity contribution in [1.82, 2.24) is 15.5 Å². The van der Waals surface area contributed by atoms with E-state index in [-0.39, 0.29) is 48.1 Å². The second-order valence-corrected chi connectivity index (χ2v) is 9.28. The van der Waals surface area contributed by atoms with Crippen molar-refractivity contribution in [3.05, 3.63) is 29.8 Å². The predicted molar refractivity (Wildman–Crippen MR) is 116 cm³/mol. The molecule has 32 heavy (non-hydrogen) atoms. The summed E-state index contributed by atoms with van der Waals surface area (Å²) in [6.45, 7) is 1.16. The molecule has 2 saturated heterocycles. The average Bonchev–Trinajstić information content (AvgIpc) is 3.47. The van der Waals surface area contributed by atoms with Gasteiger partial charge in [0.1, 0.15) is 18.1 Å². The number of hydrogen-bond acceptors (Lipinski definition) is 5. The quantitative estimate of drug-likeness (QED) is 0.524. The van der Waals surface area contributed by atoms with E-state index in [0.29, 0.717) is 38.1 Å². The lowest BCUT2D eigenvalue weighted by atomic mass is 9.92. The molecule has 1 saturated carbocycles. The highest BCUT2D eigenvalue weighted by atomic mass is 16.3. The Bertz CT molecular complexity index is 888. The van der Waals surface area contributed by atoms with Crippen LogP contribution in [0.15, 0.2) is 24.3 Å². The number of fused-ring (bicyclic) bond motifs is 1. The Hall–Kier alpha value is -2.90. The third kappa shape index (κ3) is 4.79. The summed E-state index contributed by atoms with van der Waals surface area (Å²) >= 11 is 0. The first kappa shape index (κ1) is 22.3. The largest absolute Gasteiger partial charge is 0.508 e. The second-order valence-electron chi connectivity index (χ2n) is 9.28. The standard InChI is InChI=1S/C24H31N3O5/c28-14-18(12-16-9-10-25-23(16)31)26-24(32)22-20-6-2-4-17(20)13-27(22)21(30)8-7-15-3-1-5-19(29)11-15/h1,3,5,11,14,16-18,20,22,29H,2,4,6-10,12-13H2,(H,25,31)(H,26,32)/t16-,17-,18-,20+,22?/m0/s1. The summed E-state index contributed by atoms with van der Waals surface area (Å²) in [5.74, 6) is -0.132. The molecule has 1 aliphatic carbocycles. The molecule has 3 N–H and O–H groups in total. The molecule has 1 aromatic rings. The van der Waals surface area contributed by atoms with Crippen LogP contribution in [0.2, 0.25) is 0 Å². The Labute approximate surface area is 187 Å². The van der Waals surface area contributed by atoms with Crippen LogP contribution >= 0.6 is 0 Å². The van der Waals surface area contributed by atoms with Crippen molar-refractivity contribution in [1.29, 1.82) is 0 Å². The van der Waals surface area contributed by atoms with Gasteiger partial charge in [-0.25, -0.2) is 0 Å². The zero-order valence-corrected chi connectivity index (χ0v) is 18.2. The maximum absolute atomic E-state index is 13.2. The molecular weight excluding hydrogens is 410 g/mol. The number of aryl methyl sites for hydroxylation is 1. The van der Waals surface area contributed by atoms with E-state index in [2.05, 4.69) is 10.6 Å². The molecule has 8 heteroatoms. The van der Waals surface area contributed by atoms with Gasteiger partial charge in [-0.2, -0.15) is 0 Å². The van der Waals surface area contributed by atoms with Crippen molar-refractivity contribution in [2.45, 2.75) is 57.0 Å². The topological polar surface area (TPSA) is 116 Å². The summed E-state index contributed by atoms with van der Waals surface area (Å²) in [4.78, 5) is 51.5. The van der Waals surface area contributed by atoms with Crippen molar-refractivity contribution in [2.75, 3.05) is 13.1 Å². The zero-order valence-electron chi connectivity index (χ0n) is 18.2. The van der Waals surface area contributed by atoms with Crippen LogP contribution in [-0.4, -0.2) is 59.2 Å². The summed E-state index contributed by atoms with van der Waals surface area (Å²) < 4.78 is 0. The highest BCUT2D eigenvalue weighted by molar-refractivity contribution is 5.90. The minimum Gasteiger partial charge on any atom is -0.508 e. The van der Waals surface area contributed by atoms with Crippen LogP contribution < -0.4 is 10.6 Å². The summed E-state index contributed by atoms with van der Waals surface area (Å²) in [5, 5.41) is 15.2. The lowest BCUT2D eigenvalue weighted by Gasteiger charge is -2.28. The molecule has 3 aliphatic rings. The molecule has 8 nitrogen and oxygen atoms in total. The Morgan fingerprint density at radius 3 is 2.84 bits per heavy atom. The van der Waals surface area contributed by atoms with Gasteiger partial charge in [-0.15, -0.1) is 0 Å². The molecule has 0 aromatic heterocycles. The molecule has 2 aliphatic heterocycles. The van der Waals surface area contributed by atoms with Crippen molar-refractivity contribution in [2.24, 2.45) is 17.8 Å². The normalized spacial score (nSPS) is 27.6. The second kappa shape index (κ2) is 9.71. The summed E-state index contributed by atoms with van der Waals surface area (Å²) in [5.41, 5.74) is 0.870. The van der Waals surface area contributed by atoms with Gasteiger partial charge in [0, 0.05) is 25.4 Å². The fraction of sp³-hybridized carbons (Fsp3) is 0.583. The highest BCUT2D eigenvalue weighted by Crippen LogP contribution is 2.42. The molecule has 4 rings (SSSR count). The monoisotopic (exact) mass is 441 g/mol. The van der Waals surface area contributed by atoms with E-state index >= 15 is 0 Å². The number of phenolic OH excluding ortho intramolecular Hbond substituents is 1. The van der Waals surface area contributed by atoms with Crippen molar-refractivity contribution < 1.29 is 24.3 Å². The zero-order chi connectivity index (χ0) is 22.7. The molecule has 0 bridgehead atoms. The van der Waals surface area contributed by atoms with Crippen molar-refractivity contribution in [3.63, 3.8) is 0 Å². The van der Waals surface area contributed by atoms with Gasteiger partial charge in [-0.1, -0.05) is 18.6 Å². The first-order chi connectivity index (χ1) is 15.5. The highest BCUT2D eigenvalue weighted by Gasteiger charge is 2.49. The maximum atomic E-state index is 13.2. The fourth-order valence-electron chi connectivity index (χ4n) is 5.60. The number of amides is 3. The van der Waals surface area contributed by atoms with E-state index in [1.54, 1.807) is 23.1 Å². The Balaban J connectivity index is 1.41. The molecule has 2 heterocycles. The van der Waals surface area contributed by atoms with Crippen LogP contribution in [0.4, 0.5) is 0 Å². The molecule has 3 amide bonds. The lowest BCUT2D eigenvalue weighted by Crippen LogP contribution is -2.52. The lowest BCUT2D eigenvalue weighted by molar-refractivity contribution is -0.140. The minimum absolute atomic E-state index is 0.0772. The number of hydrogen-bond donors (Lipinski definition) is 3. The number of nitrogens with zero attached hydrogens (tertiary/aromatic N) is 1. The first-order valence-corrected chi connectivity index (χ1v) is 11.6. The number of aromatic hydroxyl groups is 1. The van der Waals surface area contributed by atoms with Gasteiger partial charge in [0.05, 0.1) is 6.04 Å². The van der Waals surface area contributed by atoms with E-state index < -0.39 is 12.1 Å². The number of aldehydes is 1.